The minimum absolute atomic E-state index is 0.00951. The molecule has 1 saturated heterocycles. The zero-order chi connectivity index (χ0) is 22.2. The summed E-state index contributed by atoms with van der Waals surface area (Å²) in [4.78, 5) is 2.57. The van der Waals surface area contributed by atoms with Gasteiger partial charge in [0, 0.05) is 12.0 Å². The third kappa shape index (κ3) is 5.08. The molecule has 0 aliphatic carbocycles. The molecule has 0 radical (unpaired) electrons. The normalized spacial score (nSPS) is 15.8. The highest BCUT2D eigenvalue weighted by molar-refractivity contribution is 5.44. The van der Waals surface area contributed by atoms with E-state index < -0.39 is 0 Å². The van der Waals surface area contributed by atoms with Gasteiger partial charge < -0.3 is 19.1 Å². The van der Waals surface area contributed by atoms with E-state index in [2.05, 4.69) is 53.4 Å². The van der Waals surface area contributed by atoms with Crippen LogP contribution in [0.5, 0.6) is 17.2 Å². The standard InChI is InChI=1S/C28H33NO3/c1-30-25-13-9-23(10-14-25)28(24-11-15-26(31-2)16-12-24)17-20-29(21-18-28)19-6-22-32-27-7-4-3-5-8-27/h3-5,7-16H,6,17-22H2,1-2H3. The first-order chi connectivity index (χ1) is 15.7. The van der Waals surface area contributed by atoms with Gasteiger partial charge in [0.15, 0.2) is 0 Å². The molecule has 32 heavy (non-hydrogen) atoms. The number of likely N-dealkylation sites (tertiary alicyclic amines) is 1. The lowest BCUT2D eigenvalue weighted by atomic mass is 9.68. The van der Waals surface area contributed by atoms with Gasteiger partial charge in [0.2, 0.25) is 0 Å². The first kappa shape index (κ1) is 22.2. The van der Waals surface area contributed by atoms with Crippen molar-refractivity contribution >= 4 is 0 Å². The number of nitrogens with zero attached hydrogens (tertiary/aromatic N) is 1. The van der Waals surface area contributed by atoms with Crippen molar-refractivity contribution in [2.45, 2.75) is 24.7 Å². The van der Waals surface area contributed by atoms with Crippen molar-refractivity contribution in [1.82, 2.24) is 4.90 Å². The lowest BCUT2D eigenvalue weighted by Crippen LogP contribution is -2.43. The molecule has 1 aliphatic heterocycles. The molecule has 3 aromatic rings. The number of ether oxygens (including phenoxy) is 3. The summed E-state index contributed by atoms with van der Waals surface area (Å²) < 4.78 is 16.7. The number of hydrogen-bond acceptors (Lipinski definition) is 4. The van der Waals surface area contributed by atoms with Crippen LogP contribution in [-0.4, -0.2) is 45.4 Å². The molecule has 168 valence electrons. The van der Waals surface area contributed by atoms with E-state index in [0.29, 0.717) is 0 Å². The molecule has 0 spiro atoms. The van der Waals surface area contributed by atoms with Gasteiger partial charge in [-0.1, -0.05) is 42.5 Å². The second kappa shape index (κ2) is 10.6. The van der Waals surface area contributed by atoms with Crippen LogP contribution in [0.4, 0.5) is 0 Å². The Bertz CT molecular complexity index is 897. The van der Waals surface area contributed by atoms with Gasteiger partial charge in [-0.3, -0.25) is 0 Å². The minimum atomic E-state index is 0.00951. The monoisotopic (exact) mass is 431 g/mol. The molecule has 0 bridgehead atoms. The molecule has 1 heterocycles. The van der Waals surface area contributed by atoms with Gasteiger partial charge in [-0.05, 0) is 79.9 Å². The molecule has 4 heteroatoms. The van der Waals surface area contributed by atoms with Crippen molar-refractivity contribution in [2.75, 3.05) is 40.5 Å². The molecule has 3 aromatic carbocycles. The number of methoxy groups -OCH3 is 2. The molecule has 0 unspecified atom stereocenters. The molecule has 0 aromatic heterocycles. The lowest BCUT2D eigenvalue weighted by molar-refractivity contribution is 0.166. The van der Waals surface area contributed by atoms with Crippen molar-refractivity contribution in [2.24, 2.45) is 0 Å². The first-order valence-corrected chi connectivity index (χ1v) is 11.4. The van der Waals surface area contributed by atoms with Crippen molar-refractivity contribution < 1.29 is 14.2 Å². The fourth-order valence-corrected chi connectivity index (χ4v) is 4.72. The highest BCUT2D eigenvalue weighted by atomic mass is 16.5. The van der Waals surface area contributed by atoms with Crippen LogP contribution in [0.3, 0.4) is 0 Å². The van der Waals surface area contributed by atoms with Crippen molar-refractivity contribution in [3.8, 4) is 17.2 Å². The molecule has 0 atom stereocenters. The van der Waals surface area contributed by atoms with E-state index in [1.54, 1.807) is 14.2 Å². The zero-order valence-electron chi connectivity index (χ0n) is 19.1. The molecule has 1 fully saturated rings. The van der Waals surface area contributed by atoms with Gasteiger partial charge in [-0.15, -0.1) is 0 Å². The van der Waals surface area contributed by atoms with Crippen LogP contribution in [0.1, 0.15) is 30.4 Å². The van der Waals surface area contributed by atoms with Crippen molar-refractivity contribution in [3.05, 3.63) is 90.0 Å². The van der Waals surface area contributed by atoms with E-state index in [9.17, 15) is 0 Å². The predicted molar refractivity (Wildman–Crippen MR) is 129 cm³/mol. The Kier molecular flexibility index (Phi) is 7.33. The van der Waals surface area contributed by atoms with Crippen LogP contribution in [0.2, 0.25) is 0 Å². The SMILES string of the molecule is COc1ccc(C2(c3ccc(OC)cc3)CCN(CCCOc3ccccc3)CC2)cc1. The summed E-state index contributed by atoms with van der Waals surface area (Å²) in [5.74, 6) is 2.74. The van der Waals surface area contributed by atoms with Crippen LogP contribution >= 0.6 is 0 Å². The quantitative estimate of drug-likeness (QED) is 0.415. The Morgan fingerprint density at radius 2 is 1.22 bits per heavy atom. The topological polar surface area (TPSA) is 30.9 Å². The molecule has 1 aliphatic rings. The van der Waals surface area contributed by atoms with Crippen LogP contribution in [0.15, 0.2) is 78.9 Å². The summed E-state index contributed by atoms with van der Waals surface area (Å²) in [6, 6.07) is 27.3. The van der Waals surface area contributed by atoms with E-state index in [4.69, 9.17) is 14.2 Å². The predicted octanol–water partition coefficient (Wildman–Crippen LogP) is 5.55. The maximum absolute atomic E-state index is 5.87. The number of rotatable bonds is 9. The average molecular weight is 432 g/mol. The highest BCUT2D eigenvalue weighted by Gasteiger charge is 2.37. The summed E-state index contributed by atoms with van der Waals surface area (Å²) in [6.45, 7) is 3.96. The van der Waals surface area contributed by atoms with E-state index in [0.717, 1.165) is 62.8 Å². The summed E-state index contributed by atoms with van der Waals surface area (Å²) >= 11 is 0. The smallest absolute Gasteiger partial charge is 0.119 e. The second-order valence-corrected chi connectivity index (χ2v) is 8.40. The average Bonchev–Trinajstić information content (AvgIpc) is 2.88. The molecular weight excluding hydrogens is 398 g/mol. The fraction of sp³-hybridized carbons (Fsp3) is 0.357. The van der Waals surface area contributed by atoms with Gasteiger partial charge >= 0.3 is 0 Å². The molecule has 0 amide bonds. The van der Waals surface area contributed by atoms with E-state index in [-0.39, 0.29) is 5.41 Å². The van der Waals surface area contributed by atoms with E-state index in [1.165, 1.54) is 11.1 Å². The van der Waals surface area contributed by atoms with Gasteiger partial charge in [0.25, 0.3) is 0 Å². The van der Waals surface area contributed by atoms with Gasteiger partial charge in [0.05, 0.1) is 20.8 Å². The Labute approximate surface area is 191 Å². The Morgan fingerprint density at radius 1 is 0.688 bits per heavy atom. The lowest BCUT2D eigenvalue weighted by Gasteiger charge is -2.43. The number of piperidine rings is 1. The minimum Gasteiger partial charge on any atom is -0.497 e. The van der Waals surface area contributed by atoms with Gasteiger partial charge in [0.1, 0.15) is 17.2 Å². The number of benzene rings is 3. The zero-order valence-corrected chi connectivity index (χ0v) is 19.1. The summed E-state index contributed by atoms with van der Waals surface area (Å²) in [7, 11) is 3.43. The summed E-state index contributed by atoms with van der Waals surface area (Å²) in [6.07, 6.45) is 3.21. The molecule has 0 saturated carbocycles. The van der Waals surface area contributed by atoms with E-state index in [1.807, 2.05) is 30.3 Å². The Hall–Kier alpha value is -2.98. The van der Waals surface area contributed by atoms with Gasteiger partial charge in [-0.25, -0.2) is 0 Å². The van der Waals surface area contributed by atoms with Crippen LogP contribution in [0.25, 0.3) is 0 Å². The summed E-state index contributed by atoms with van der Waals surface area (Å²) in [5, 5.41) is 0. The summed E-state index contributed by atoms with van der Waals surface area (Å²) in [5.41, 5.74) is 2.72. The third-order valence-electron chi connectivity index (χ3n) is 6.63. The maximum atomic E-state index is 5.87. The molecule has 0 N–H and O–H groups in total. The Balaban J connectivity index is 1.42. The molecule has 4 nitrogen and oxygen atoms in total. The maximum Gasteiger partial charge on any atom is 0.119 e. The largest absolute Gasteiger partial charge is 0.497 e. The van der Waals surface area contributed by atoms with Gasteiger partial charge in [-0.2, -0.15) is 0 Å². The number of hydrogen-bond donors (Lipinski definition) is 0. The number of para-hydroxylation sites is 1. The first-order valence-electron chi connectivity index (χ1n) is 11.4. The highest BCUT2D eigenvalue weighted by Crippen LogP contribution is 2.42. The molecular formula is C28H33NO3. The fourth-order valence-electron chi connectivity index (χ4n) is 4.72. The van der Waals surface area contributed by atoms with Crippen LogP contribution in [0, 0.1) is 0 Å². The van der Waals surface area contributed by atoms with Crippen molar-refractivity contribution in [1.29, 1.82) is 0 Å². The van der Waals surface area contributed by atoms with Crippen molar-refractivity contribution in [3.63, 3.8) is 0 Å². The Morgan fingerprint density at radius 3 is 1.72 bits per heavy atom. The third-order valence-corrected chi connectivity index (χ3v) is 6.63. The van der Waals surface area contributed by atoms with Crippen LogP contribution < -0.4 is 14.2 Å². The second-order valence-electron chi connectivity index (χ2n) is 8.40. The molecule has 4 rings (SSSR count). The van der Waals surface area contributed by atoms with E-state index >= 15 is 0 Å². The van der Waals surface area contributed by atoms with Crippen LogP contribution in [-0.2, 0) is 5.41 Å².